The fourth-order valence-electron chi connectivity index (χ4n) is 1.46. The smallest absolute Gasteiger partial charge is 0.275 e. The lowest BCUT2D eigenvalue weighted by Gasteiger charge is -2.03. The highest BCUT2D eigenvalue weighted by molar-refractivity contribution is 7.98. The van der Waals surface area contributed by atoms with Gasteiger partial charge in [0.05, 0.1) is 5.69 Å². The Balaban J connectivity index is 2.22. The largest absolute Gasteiger partial charge is 0.327 e. The van der Waals surface area contributed by atoms with Crippen molar-refractivity contribution in [2.24, 2.45) is 5.73 Å². The zero-order valence-electron chi connectivity index (χ0n) is 10.4. The predicted octanol–water partition coefficient (Wildman–Crippen LogP) is 1.29. The first-order valence-corrected chi connectivity index (χ1v) is 7.79. The second-order valence-corrected chi connectivity index (χ2v) is 6.19. The van der Waals surface area contributed by atoms with Crippen LogP contribution in [-0.4, -0.2) is 26.4 Å². The Hall–Kier alpha value is -0.920. The monoisotopic (exact) mass is 284 g/mol. The van der Waals surface area contributed by atoms with Crippen molar-refractivity contribution in [1.82, 2.24) is 14.6 Å². The minimum Gasteiger partial charge on any atom is -0.327 e. The molecule has 0 aliphatic heterocycles. The Labute approximate surface area is 113 Å². The van der Waals surface area contributed by atoms with Gasteiger partial charge in [-0.15, -0.1) is 0 Å². The number of aryl methyl sites for hydroxylation is 1. The van der Waals surface area contributed by atoms with Gasteiger partial charge in [-0.1, -0.05) is 18.3 Å². The van der Waals surface area contributed by atoms with Crippen molar-refractivity contribution < 1.29 is 0 Å². The van der Waals surface area contributed by atoms with E-state index in [1.807, 2.05) is 13.8 Å². The zero-order valence-corrected chi connectivity index (χ0v) is 12.1. The molecule has 0 amide bonds. The molecule has 7 heteroatoms. The Morgan fingerprint density at radius 2 is 2.39 bits per heavy atom. The average Bonchev–Trinajstić information content (AvgIpc) is 2.72. The SMILES string of the molecule is CCc1nn2c(=O)cc(CSCC(C)N)nc2s1. The molecule has 0 saturated carbocycles. The maximum Gasteiger partial charge on any atom is 0.275 e. The first-order chi connectivity index (χ1) is 8.60. The highest BCUT2D eigenvalue weighted by Crippen LogP contribution is 2.14. The molecule has 0 saturated heterocycles. The summed E-state index contributed by atoms with van der Waals surface area (Å²) in [5.74, 6) is 1.58. The topological polar surface area (TPSA) is 73.3 Å². The second-order valence-electron chi connectivity index (χ2n) is 4.12. The summed E-state index contributed by atoms with van der Waals surface area (Å²) in [5.41, 5.74) is 6.38. The quantitative estimate of drug-likeness (QED) is 0.895. The highest BCUT2D eigenvalue weighted by atomic mass is 32.2. The van der Waals surface area contributed by atoms with Crippen molar-refractivity contribution in [3.8, 4) is 0 Å². The van der Waals surface area contributed by atoms with Gasteiger partial charge in [0.1, 0.15) is 5.01 Å². The van der Waals surface area contributed by atoms with Crippen molar-refractivity contribution in [1.29, 1.82) is 0 Å². The highest BCUT2D eigenvalue weighted by Gasteiger charge is 2.08. The Kier molecular flexibility index (Phi) is 4.36. The first kappa shape index (κ1) is 13.5. The summed E-state index contributed by atoms with van der Waals surface area (Å²) in [7, 11) is 0. The molecule has 2 aromatic heterocycles. The van der Waals surface area contributed by atoms with Gasteiger partial charge in [-0.3, -0.25) is 4.79 Å². The fraction of sp³-hybridized carbons (Fsp3) is 0.545. The van der Waals surface area contributed by atoms with Crippen LogP contribution in [0, 0.1) is 0 Å². The summed E-state index contributed by atoms with van der Waals surface area (Å²) in [6.07, 6.45) is 0.822. The van der Waals surface area contributed by atoms with E-state index in [1.54, 1.807) is 17.8 Å². The van der Waals surface area contributed by atoms with Crippen LogP contribution < -0.4 is 11.3 Å². The minimum atomic E-state index is -0.104. The summed E-state index contributed by atoms with van der Waals surface area (Å²) in [6, 6.07) is 1.72. The molecule has 1 atom stereocenters. The van der Waals surface area contributed by atoms with E-state index in [0.717, 1.165) is 22.9 Å². The molecule has 0 aliphatic rings. The van der Waals surface area contributed by atoms with E-state index >= 15 is 0 Å². The molecule has 0 fully saturated rings. The van der Waals surface area contributed by atoms with Crippen LogP contribution in [0.15, 0.2) is 10.9 Å². The number of nitrogens with zero attached hydrogens (tertiary/aromatic N) is 3. The van der Waals surface area contributed by atoms with E-state index < -0.39 is 0 Å². The molecule has 0 spiro atoms. The van der Waals surface area contributed by atoms with Crippen molar-refractivity contribution >= 4 is 28.1 Å². The van der Waals surface area contributed by atoms with Crippen LogP contribution in [0.25, 0.3) is 4.96 Å². The lowest BCUT2D eigenvalue weighted by atomic mass is 10.4. The summed E-state index contributed by atoms with van der Waals surface area (Å²) in [6.45, 7) is 3.98. The van der Waals surface area contributed by atoms with Crippen LogP contribution in [0.5, 0.6) is 0 Å². The number of aromatic nitrogens is 3. The molecule has 0 bridgehead atoms. The molecule has 98 valence electrons. The van der Waals surface area contributed by atoms with Gasteiger partial charge in [0.15, 0.2) is 0 Å². The fourth-order valence-corrected chi connectivity index (χ4v) is 3.17. The Bertz CT molecular complexity index is 590. The number of hydrogen-bond acceptors (Lipinski definition) is 6. The van der Waals surface area contributed by atoms with Crippen molar-refractivity contribution in [2.45, 2.75) is 32.1 Å². The molecular weight excluding hydrogens is 268 g/mol. The normalized spacial score (nSPS) is 13.1. The van der Waals surface area contributed by atoms with Gasteiger partial charge in [-0.25, -0.2) is 4.98 Å². The molecule has 2 aromatic rings. The molecule has 5 nitrogen and oxygen atoms in total. The van der Waals surface area contributed by atoms with Crippen LogP contribution >= 0.6 is 23.1 Å². The van der Waals surface area contributed by atoms with Crippen molar-refractivity contribution in [3.05, 3.63) is 27.1 Å². The number of thioether (sulfide) groups is 1. The maximum atomic E-state index is 11.9. The molecule has 18 heavy (non-hydrogen) atoms. The van der Waals surface area contributed by atoms with Gasteiger partial charge in [0, 0.05) is 23.6 Å². The van der Waals surface area contributed by atoms with Crippen molar-refractivity contribution in [3.63, 3.8) is 0 Å². The maximum absolute atomic E-state index is 11.9. The third-order valence-electron chi connectivity index (χ3n) is 2.27. The van der Waals surface area contributed by atoms with E-state index in [1.165, 1.54) is 15.9 Å². The van der Waals surface area contributed by atoms with Gasteiger partial charge in [0.2, 0.25) is 4.96 Å². The third kappa shape index (κ3) is 3.09. The van der Waals surface area contributed by atoms with E-state index in [2.05, 4.69) is 10.1 Å². The molecular formula is C11H16N4OS2. The van der Waals surface area contributed by atoms with Gasteiger partial charge in [-0.2, -0.15) is 21.4 Å². The Morgan fingerprint density at radius 1 is 1.61 bits per heavy atom. The molecule has 2 rings (SSSR count). The minimum absolute atomic E-state index is 0.104. The number of nitrogens with two attached hydrogens (primary N) is 1. The van der Waals surface area contributed by atoms with Crippen LogP contribution in [0.1, 0.15) is 24.5 Å². The van der Waals surface area contributed by atoms with Gasteiger partial charge in [0.25, 0.3) is 5.56 Å². The van der Waals surface area contributed by atoms with Crippen LogP contribution in [-0.2, 0) is 12.2 Å². The first-order valence-electron chi connectivity index (χ1n) is 5.82. The third-order valence-corrected chi connectivity index (χ3v) is 4.59. The molecule has 0 radical (unpaired) electrons. The van der Waals surface area contributed by atoms with Gasteiger partial charge in [-0.05, 0) is 13.3 Å². The zero-order chi connectivity index (χ0) is 13.1. The van der Waals surface area contributed by atoms with Crippen LogP contribution in [0.4, 0.5) is 0 Å². The van der Waals surface area contributed by atoms with Crippen molar-refractivity contribution in [2.75, 3.05) is 5.75 Å². The molecule has 0 aromatic carbocycles. The van der Waals surface area contributed by atoms with Gasteiger partial charge >= 0.3 is 0 Å². The average molecular weight is 284 g/mol. The molecule has 2 heterocycles. The standard InChI is InChI=1S/C11H16N4OS2/c1-3-9-14-15-10(16)4-8(13-11(15)18-9)6-17-5-7(2)12/h4,7H,3,5-6,12H2,1-2H3. The lowest BCUT2D eigenvalue weighted by Crippen LogP contribution is -2.18. The van der Waals surface area contributed by atoms with E-state index in [4.69, 9.17) is 5.73 Å². The summed E-state index contributed by atoms with van der Waals surface area (Å²) < 4.78 is 1.38. The lowest BCUT2D eigenvalue weighted by molar-refractivity contribution is 0.844. The molecule has 0 aliphatic carbocycles. The number of fused-ring (bicyclic) bond motifs is 1. The van der Waals surface area contributed by atoms with E-state index in [0.29, 0.717) is 10.7 Å². The number of hydrogen-bond donors (Lipinski definition) is 1. The summed E-state index contributed by atoms with van der Waals surface area (Å²) in [4.78, 5) is 17.0. The van der Waals surface area contributed by atoms with Crippen LogP contribution in [0.2, 0.25) is 0 Å². The Morgan fingerprint density at radius 3 is 3.06 bits per heavy atom. The van der Waals surface area contributed by atoms with E-state index in [9.17, 15) is 4.79 Å². The number of rotatable bonds is 5. The van der Waals surface area contributed by atoms with E-state index in [-0.39, 0.29) is 11.6 Å². The summed E-state index contributed by atoms with van der Waals surface area (Å²) in [5, 5.41) is 5.14. The van der Waals surface area contributed by atoms with Gasteiger partial charge < -0.3 is 5.73 Å². The second kappa shape index (κ2) is 5.81. The summed E-state index contributed by atoms with van der Waals surface area (Å²) >= 11 is 3.16. The molecule has 2 N–H and O–H groups in total. The predicted molar refractivity (Wildman–Crippen MR) is 76.3 cm³/mol. The van der Waals surface area contributed by atoms with Crippen LogP contribution in [0.3, 0.4) is 0 Å². The molecule has 1 unspecified atom stereocenters.